The minimum Gasteiger partial charge on any atom is -0.493 e. The van der Waals surface area contributed by atoms with Gasteiger partial charge in [-0.05, 0) is 48.9 Å². The molecule has 0 radical (unpaired) electrons. The zero-order valence-corrected chi connectivity index (χ0v) is 15.6. The lowest BCUT2D eigenvalue weighted by Gasteiger charge is -2.09. The molecule has 1 N–H and O–H groups in total. The Kier molecular flexibility index (Phi) is 7.28. The van der Waals surface area contributed by atoms with Crippen LogP contribution in [-0.2, 0) is 4.79 Å². The van der Waals surface area contributed by atoms with Gasteiger partial charge in [-0.1, -0.05) is 22.0 Å². The normalized spacial score (nSPS) is 10.5. The topological polar surface area (TPSA) is 69.2 Å². The first kappa shape index (κ1) is 18.8. The molecule has 2 aromatic rings. The van der Waals surface area contributed by atoms with E-state index in [1.165, 1.54) is 6.21 Å². The molecule has 2 aromatic carbocycles. The van der Waals surface area contributed by atoms with Crippen molar-refractivity contribution in [3.05, 3.63) is 52.5 Å². The van der Waals surface area contributed by atoms with E-state index in [-0.39, 0.29) is 12.5 Å². The summed E-state index contributed by atoms with van der Waals surface area (Å²) in [5.41, 5.74) is 3.19. The van der Waals surface area contributed by atoms with E-state index in [0.29, 0.717) is 23.9 Å². The second-order valence-corrected chi connectivity index (χ2v) is 5.80. The maximum absolute atomic E-state index is 11.8. The average molecular weight is 407 g/mol. The highest BCUT2D eigenvalue weighted by molar-refractivity contribution is 9.10. The molecular formula is C18H19BrN2O4. The van der Waals surface area contributed by atoms with Gasteiger partial charge in [-0.15, -0.1) is 0 Å². The molecule has 1 amide bonds. The van der Waals surface area contributed by atoms with Crippen molar-refractivity contribution in [1.29, 1.82) is 0 Å². The number of benzene rings is 2. The lowest BCUT2D eigenvalue weighted by Crippen LogP contribution is -2.24. The number of nitrogens with one attached hydrogen (secondary N) is 1. The molecule has 0 heterocycles. The van der Waals surface area contributed by atoms with E-state index in [0.717, 1.165) is 10.0 Å². The third-order valence-corrected chi connectivity index (χ3v) is 3.55. The highest BCUT2D eigenvalue weighted by Gasteiger charge is 2.05. The van der Waals surface area contributed by atoms with Crippen LogP contribution in [0.15, 0.2) is 52.0 Å². The maximum atomic E-state index is 11.8. The van der Waals surface area contributed by atoms with E-state index in [1.54, 1.807) is 31.4 Å². The van der Waals surface area contributed by atoms with Gasteiger partial charge in [0.15, 0.2) is 18.1 Å². The summed E-state index contributed by atoms with van der Waals surface area (Å²) in [6, 6.07) is 12.6. The Balaban J connectivity index is 1.87. The number of carbonyl (C=O) groups is 1. The molecule has 0 aromatic heterocycles. The quantitative estimate of drug-likeness (QED) is 0.538. The molecule has 0 saturated heterocycles. The van der Waals surface area contributed by atoms with Crippen molar-refractivity contribution >= 4 is 28.1 Å². The third-order valence-electron chi connectivity index (χ3n) is 3.06. The van der Waals surface area contributed by atoms with Crippen molar-refractivity contribution in [2.24, 2.45) is 5.10 Å². The van der Waals surface area contributed by atoms with Crippen molar-refractivity contribution in [3.63, 3.8) is 0 Å². The number of hydrogen-bond acceptors (Lipinski definition) is 5. The summed E-state index contributed by atoms with van der Waals surface area (Å²) in [6.07, 6.45) is 1.53. The summed E-state index contributed by atoms with van der Waals surface area (Å²) in [5.74, 6) is 1.52. The standard InChI is InChI=1S/C18H19BrN2O4/c1-3-24-17-9-13(7-8-16(17)23-2)11-20-21-18(22)12-25-15-6-4-5-14(19)10-15/h4-11H,3,12H2,1-2H3,(H,21,22)/b20-11-. The molecule has 132 valence electrons. The first-order valence-electron chi connectivity index (χ1n) is 7.63. The van der Waals surface area contributed by atoms with Crippen LogP contribution in [0.2, 0.25) is 0 Å². The van der Waals surface area contributed by atoms with Crippen molar-refractivity contribution in [3.8, 4) is 17.2 Å². The number of hydrazone groups is 1. The van der Waals surface area contributed by atoms with Gasteiger partial charge in [0.2, 0.25) is 0 Å². The number of methoxy groups -OCH3 is 1. The van der Waals surface area contributed by atoms with Gasteiger partial charge in [-0.2, -0.15) is 5.10 Å². The number of halogens is 1. The number of carbonyl (C=O) groups excluding carboxylic acids is 1. The second kappa shape index (κ2) is 9.68. The first-order valence-corrected chi connectivity index (χ1v) is 8.42. The monoisotopic (exact) mass is 406 g/mol. The highest BCUT2D eigenvalue weighted by atomic mass is 79.9. The second-order valence-electron chi connectivity index (χ2n) is 4.88. The van der Waals surface area contributed by atoms with Gasteiger partial charge in [0, 0.05) is 4.47 Å². The zero-order chi connectivity index (χ0) is 18.1. The predicted molar refractivity (Wildman–Crippen MR) is 99.5 cm³/mol. The van der Waals surface area contributed by atoms with Crippen molar-refractivity contribution in [2.45, 2.75) is 6.92 Å². The van der Waals surface area contributed by atoms with E-state index in [1.807, 2.05) is 25.1 Å². The van der Waals surface area contributed by atoms with E-state index in [2.05, 4.69) is 26.5 Å². The predicted octanol–water partition coefficient (Wildman–Crippen LogP) is 3.39. The van der Waals surface area contributed by atoms with Crippen LogP contribution in [0.1, 0.15) is 12.5 Å². The molecule has 25 heavy (non-hydrogen) atoms. The number of ether oxygens (including phenoxy) is 3. The smallest absolute Gasteiger partial charge is 0.277 e. The summed E-state index contributed by atoms with van der Waals surface area (Å²) in [4.78, 5) is 11.8. The minimum absolute atomic E-state index is 0.124. The molecule has 0 aliphatic carbocycles. The van der Waals surface area contributed by atoms with Crippen molar-refractivity contribution < 1.29 is 19.0 Å². The Morgan fingerprint density at radius 3 is 2.76 bits per heavy atom. The summed E-state index contributed by atoms with van der Waals surface area (Å²) in [5, 5.41) is 3.92. The Labute approximate surface area is 154 Å². The van der Waals surface area contributed by atoms with Crippen LogP contribution in [0.25, 0.3) is 0 Å². The molecule has 2 rings (SSSR count). The van der Waals surface area contributed by atoms with Crippen LogP contribution in [0, 0.1) is 0 Å². The number of nitrogens with zero attached hydrogens (tertiary/aromatic N) is 1. The fraction of sp³-hybridized carbons (Fsp3) is 0.222. The molecule has 0 atom stereocenters. The van der Waals surface area contributed by atoms with Gasteiger partial charge in [0.1, 0.15) is 5.75 Å². The summed E-state index contributed by atoms with van der Waals surface area (Å²) >= 11 is 3.34. The molecule has 0 unspecified atom stereocenters. The molecule has 0 aliphatic heterocycles. The largest absolute Gasteiger partial charge is 0.493 e. The Hall–Kier alpha value is -2.54. The fourth-order valence-electron chi connectivity index (χ4n) is 1.96. The van der Waals surface area contributed by atoms with Crippen LogP contribution in [0.5, 0.6) is 17.2 Å². The van der Waals surface area contributed by atoms with Gasteiger partial charge in [0.05, 0.1) is 19.9 Å². The molecule has 0 saturated carbocycles. The van der Waals surface area contributed by atoms with E-state index < -0.39 is 0 Å². The van der Waals surface area contributed by atoms with Gasteiger partial charge >= 0.3 is 0 Å². The lowest BCUT2D eigenvalue weighted by molar-refractivity contribution is -0.123. The molecule has 0 bridgehead atoms. The van der Waals surface area contributed by atoms with E-state index in [4.69, 9.17) is 14.2 Å². The summed E-state index contributed by atoms with van der Waals surface area (Å²) in [6.45, 7) is 2.30. The third kappa shape index (κ3) is 6.11. The maximum Gasteiger partial charge on any atom is 0.277 e. The molecule has 0 spiro atoms. The molecule has 7 heteroatoms. The van der Waals surface area contributed by atoms with Crippen molar-refractivity contribution in [1.82, 2.24) is 5.43 Å². The zero-order valence-electron chi connectivity index (χ0n) is 14.0. The Morgan fingerprint density at radius 2 is 2.04 bits per heavy atom. The minimum atomic E-state index is -0.352. The lowest BCUT2D eigenvalue weighted by atomic mass is 10.2. The fourth-order valence-corrected chi connectivity index (χ4v) is 2.34. The summed E-state index contributed by atoms with van der Waals surface area (Å²) in [7, 11) is 1.58. The van der Waals surface area contributed by atoms with Gasteiger partial charge in [-0.25, -0.2) is 5.43 Å². The van der Waals surface area contributed by atoms with Crippen molar-refractivity contribution in [2.75, 3.05) is 20.3 Å². The van der Waals surface area contributed by atoms with Gasteiger partial charge in [-0.3, -0.25) is 4.79 Å². The summed E-state index contributed by atoms with van der Waals surface area (Å²) < 4.78 is 17.0. The number of amides is 1. The first-order chi connectivity index (χ1) is 12.1. The highest BCUT2D eigenvalue weighted by Crippen LogP contribution is 2.27. The van der Waals surface area contributed by atoms with Gasteiger partial charge < -0.3 is 14.2 Å². The van der Waals surface area contributed by atoms with E-state index >= 15 is 0 Å². The van der Waals surface area contributed by atoms with Crippen LogP contribution in [-0.4, -0.2) is 32.4 Å². The van der Waals surface area contributed by atoms with Crippen LogP contribution in [0.4, 0.5) is 0 Å². The molecular weight excluding hydrogens is 388 g/mol. The molecule has 0 aliphatic rings. The van der Waals surface area contributed by atoms with Crippen LogP contribution < -0.4 is 19.6 Å². The molecule has 6 nitrogen and oxygen atoms in total. The number of hydrogen-bond donors (Lipinski definition) is 1. The Bertz CT molecular complexity index is 750. The van der Waals surface area contributed by atoms with Crippen LogP contribution in [0.3, 0.4) is 0 Å². The van der Waals surface area contributed by atoms with Crippen LogP contribution >= 0.6 is 15.9 Å². The average Bonchev–Trinajstić information content (AvgIpc) is 2.61. The Morgan fingerprint density at radius 1 is 1.20 bits per heavy atom. The number of rotatable bonds is 8. The SMILES string of the molecule is CCOc1cc(/C=N\NC(=O)COc2cccc(Br)c2)ccc1OC. The van der Waals surface area contributed by atoms with E-state index in [9.17, 15) is 4.79 Å². The molecule has 0 fully saturated rings. The van der Waals surface area contributed by atoms with Gasteiger partial charge in [0.25, 0.3) is 5.91 Å².